The van der Waals surface area contributed by atoms with Crippen molar-refractivity contribution in [2.75, 3.05) is 44.7 Å². The number of anilines is 1. The molecule has 3 atom stereocenters. The summed E-state index contributed by atoms with van der Waals surface area (Å²) in [5.74, 6) is 0.0852. The molecular formula is C22H30FN3O3. The van der Waals surface area contributed by atoms with Crippen LogP contribution in [0, 0.1) is 11.7 Å². The number of benzene rings is 1. The minimum absolute atomic E-state index is 0.0540. The van der Waals surface area contributed by atoms with Gasteiger partial charge < -0.3 is 14.5 Å². The molecule has 6 nitrogen and oxygen atoms in total. The van der Waals surface area contributed by atoms with E-state index in [0.717, 1.165) is 25.7 Å². The number of carbonyl (C=O) groups is 2. The predicted molar refractivity (Wildman–Crippen MR) is 108 cm³/mol. The van der Waals surface area contributed by atoms with Crippen molar-refractivity contribution < 1.29 is 18.7 Å². The first-order valence-corrected chi connectivity index (χ1v) is 10.7. The number of amides is 1. The summed E-state index contributed by atoms with van der Waals surface area (Å²) >= 11 is 0. The molecule has 7 heteroatoms. The van der Waals surface area contributed by atoms with Crippen LogP contribution in [0.25, 0.3) is 0 Å². The first-order valence-electron chi connectivity index (χ1n) is 10.7. The summed E-state index contributed by atoms with van der Waals surface area (Å²) < 4.78 is 19.1. The van der Waals surface area contributed by atoms with Gasteiger partial charge in [-0.3, -0.25) is 14.5 Å². The lowest BCUT2D eigenvalue weighted by Gasteiger charge is -2.38. The van der Waals surface area contributed by atoms with E-state index in [1.165, 1.54) is 19.6 Å². The van der Waals surface area contributed by atoms with Crippen LogP contribution in [-0.4, -0.2) is 73.6 Å². The highest BCUT2D eigenvalue weighted by molar-refractivity contribution is 5.81. The van der Waals surface area contributed by atoms with E-state index in [1.807, 2.05) is 15.9 Å². The van der Waals surface area contributed by atoms with E-state index in [-0.39, 0.29) is 30.3 Å². The van der Waals surface area contributed by atoms with Gasteiger partial charge in [-0.05, 0) is 37.3 Å². The quantitative estimate of drug-likeness (QED) is 0.722. The molecule has 0 bridgehead atoms. The van der Waals surface area contributed by atoms with Gasteiger partial charge in [-0.25, -0.2) is 4.39 Å². The number of esters is 1. The van der Waals surface area contributed by atoms with E-state index in [4.69, 9.17) is 4.74 Å². The van der Waals surface area contributed by atoms with Crippen LogP contribution in [0.1, 0.15) is 32.1 Å². The van der Waals surface area contributed by atoms with Gasteiger partial charge in [0.05, 0.1) is 19.3 Å². The van der Waals surface area contributed by atoms with Crippen LogP contribution in [0.4, 0.5) is 10.1 Å². The zero-order valence-electron chi connectivity index (χ0n) is 17.1. The van der Waals surface area contributed by atoms with E-state index in [1.54, 1.807) is 12.1 Å². The molecule has 4 rings (SSSR count). The summed E-state index contributed by atoms with van der Waals surface area (Å²) in [5, 5.41) is 0. The third-order valence-electron chi connectivity index (χ3n) is 6.84. The minimum atomic E-state index is -0.309. The molecule has 1 aromatic rings. The Kier molecular flexibility index (Phi) is 6.04. The molecule has 0 unspecified atom stereocenters. The van der Waals surface area contributed by atoms with Gasteiger partial charge in [-0.15, -0.1) is 0 Å². The largest absolute Gasteiger partial charge is 0.468 e. The summed E-state index contributed by atoms with van der Waals surface area (Å²) in [6.07, 6.45) is 5.33. The molecular weight excluding hydrogens is 373 g/mol. The number of halogens is 1. The molecule has 2 heterocycles. The number of hydrogen-bond acceptors (Lipinski definition) is 5. The number of carbonyl (C=O) groups excluding carboxylic acids is 2. The van der Waals surface area contributed by atoms with Crippen LogP contribution in [0.15, 0.2) is 24.3 Å². The second-order valence-electron chi connectivity index (χ2n) is 8.38. The standard InChI is InChI=1S/C22H30FN3O3/c1-29-22(28)20-14-16-6-2-4-8-18(16)26(20)15-21(27)25-12-10-24(11-13-25)19-9-5-3-7-17(19)23/h3,5,7,9,16,18,20H,2,4,6,8,10-15H2,1H3/t16-,18-,20+/m1/s1. The van der Waals surface area contributed by atoms with Crippen LogP contribution < -0.4 is 4.90 Å². The van der Waals surface area contributed by atoms with Crippen molar-refractivity contribution in [2.45, 2.75) is 44.2 Å². The van der Waals surface area contributed by atoms with Gasteiger partial charge in [0.25, 0.3) is 0 Å². The molecule has 2 saturated heterocycles. The maximum atomic E-state index is 14.0. The van der Waals surface area contributed by atoms with Gasteiger partial charge >= 0.3 is 5.97 Å². The Bertz CT molecular complexity index is 751. The molecule has 0 spiro atoms. The second-order valence-corrected chi connectivity index (χ2v) is 8.38. The molecule has 29 heavy (non-hydrogen) atoms. The number of para-hydroxylation sites is 1. The van der Waals surface area contributed by atoms with Crippen LogP contribution in [-0.2, 0) is 14.3 Å². The van der Waals surface area contributed by atoms with Crippen molar-refractivity contribution in [1.82, 2.24) is 9.80 Å². The van der Waals surface area contributed by atoms with Crippen LogP contribution in [0.2, 0.25) is 0 Å². The number of piperazine rings is 1. The van der Waals surface area contributed by atoms with Gasteiger partial charge in [0.2, 0.25) is 5.91 Å². The molecule has 3 fully saturated rings. The van der Waals surface area contributed by atoms with Crippen LogP contribution in [0.5, 0.6) is 0 Å². The molecule has 1 saturated carbocycles. The third kappa shape index (κ3) is 4.10. The molecule has 3 aliphatic rings. The number of ether oxygens (including phenoxy) is 1. The lowest BCUT2D eigenvalue weighted by atomic mass is 9.85. The highest BCUT2D eigenvalue weighted by Gasteiger charge is 2.46. The average Bonchev–Trinajstić information content (AvgIpc) is 3.12. The molecule has 0 aromatic heterocycles. The zero-order valence-corrected chi connectivity index (χ0v) is 17.1. The normalized spacial score (nSPS) is 27.6. The van der Waals surface area contributed by atoms with Crippen molar-refractivity contribution in [1.29, 1.82) is 0 Å². The van der Waals surface area contributed by atoms with Crippen molar-refractivity contribution in [3.63, 3.8) is 0 Å². The Morgan fingerprint density at radius 2 is 1.83 bits per heavy atom. The van der Waals surface area contributed by atoms with Gasteiger partial charge in [0, 0.05) is 32.2 Å². The van der Waals surface area contributed by atoms with Crippen LogP contribution in [0.3, 0.4) is 0 Å². The summed E-state index contributed by atoms with van der Waals surface area (Å²) in [4.78, 5) is 31.3. The van der Waals surface area contributed by atoms with Gasteiger partial charge in [-0.1, -0.05) is 25.0 Å². The molecule has 2 aliphatic heterocycles. The maximum Gasteiger partial charge on any atom is 0.323 e. The predicted octanol–water partition coefficient (Wildman–Crippen LogP) is 2.28. The number of methoxy groups -OCH3 is 1. The van der Waals surface area contributed by atoms with E-state index < -0.39 is 0 Å². The molecule has 158 valence electrons. The summed E-state index contributed by atoms with van der Waals surface area (Å²) in [6, 6.07) is 6.75. The molecule has 1 aromatic carbocycles. The summed E-state index contributed by atoms with van der Waals surface area (Å²) in [6.45, 7) is 2.62. The fraction of sp³-hybridized carbons (Fsp3) is 0.636. The maximum absolute atomic E-state index is 14.0. The second kappa shape index (κ2) is 8.69. The van der Waals surface area contributed by atoms with Crippen LogP contribution >= 0.6 is 0 Å². The van der Waals surface area contributed by atoms with E-state index in [0.29, 0.717) is 43.8 Å². The monoisotopic (exact) mass is 403 g/mol. The van der Waals surface area contributed by atoms with E-state index >= 15 is 0 Å². The Morgan fingerprint density at radius 3 is 2.55 bits per heavy atom. The number of likely N-dealkylation sites (tertiary alicyclic amines) is 1. The number of nitrogens with zero attached hydrogens (tertiary/aromatic N) is 3. The van der Waals surface area contributed by atoms with Crippen molar-refractivity contribution in [3.8, 4) is 0 Å². The molecule has 0 N–H and O–H groups in total. The van der Waals surface area contributed by atoms with Crippen molar-refractivity contribution in [3.05, 3.63) is 30.1 Å². The molecule has 1 amide bonds. The average molecular weight is 403 g/mol. The Balaban J connectivity index is 1.38. The minimum Gasteiger partial charge on any atom is -0.468 e. The van der Waals surface area contributed by atoms with Gasteiger partial charge in [-0.2, -0.15) is 0 Å². The topological polar surface area (TPSA) is 53.1 Å². The molecule has 0 radical (unpaired) electrons. The zero-order chi connectivity index (χ0) is 20.4. The summed E-state index contributed by atoms with van der Waals surface area (Å²) in [7, 11) is 1.42. The number of fused-ring (bicyclic) bond motifs is 1. The lowest BCUT2D eigenvalue weighted by Crippen LogP contribution is -2.53. The van der Waals surface area contributed by atoms with E-state index in [9.17, 15) is 14.0 Å². The first-order chi connectivity index (χ1) is 14.1. The van der Waals surface area contributed by atoms with Gasteiger partial charge in [0.1, 0.15) is 11.9 Å². The Hall–Kier alpha value is -2.15. The lowest BCUT2D eigenvalue weighted by molar-refractivity contribution is -0.147. The number of rotatable bonds is 4. The SMILES string of the molecule is COC(=O)[C@@H]1C[C@H]2CCCC[C@H]2N1CC(=O)N1CCN(c2ccccc2F)CC1. The fourth-order valence-corrected chi connectivity index (χ4v) is 5.31. The van der Waals surface area contributed by atoms with Gasteiger partial charge in [0.15, 0.2) is 0 Å². The number of hydrogen-bond donors (Lipinski definition) is 0. The highest BCUT2D eigenvalue weighted by atomic mass is 19.1. The van der Waals surface area contributed by atoms with Crippen molar-refractivity contribution >= 4 is 17.6 Å². The molecule has 1 aliphatic carbocycles. The third-order valence-corrected chi connectivity index (χ3v) is 6.84. The van der Waals surface area contributed by atoms with E-state index in [2.05, 4.69) is 4.90 Å². The summed E-state index contributed by atoms with van der Waals surface area (Å²) in [5.41, 5.74) is 0.593. The fourth-order valence-electron chi connectivity index (χ4n) is 5.31. The first kappa shape index (κ1) is 20.1. The smallest absolute Gasteiger partial charge is 0.323 e. The Labute approximate surface area is 171 Å². The van der Waals surface area contributed by atoms with Crippen molar-refractivity contribution in [2.24, 2.45) is 5.92 Å². The Morgan fingerprint density at radius 1 is 1.10 bits per heavy atom. The highest BCUT2D eigenvalue weighted by Crippen LogP contribution is 2.40.